The number of ether oxygens (including phenoxy) is 1. The van der Waals surface area contributed by atoms with Crippen molar-refractivity contribution in [1.82, 2.24) is 0 Å². The van der Waals surface area contributed by atoms with E-state index in [-0.39, 0.29) is 10.6 Å². The van der Waals surface area contributed by atoms with Crippen molar-refractivity contribution in [1.29, 1.82) is 0 Å². The highest BCUT2D eigenvalue weighted by atomic mass is 32.2. The van der Waals surface area contributed by atoms with Crippen molar-refractivity contribution in [2.45, 2.75) is 4.90 Å². The average molecular weight is 400 g/mol. The van der Waals surface area contributed by atoms with E-state index in [4.69, 9.17) is 9.88 Å². The molecule has 28 heavy (non-hydrogen) atoms. The zero-order valence-electron chi connectivity index (χ0n) is 14.7. The summed E-state index contributed by atoms with van der Waals surface area (Å²) in [6, 6.07) is 14.6. The number of nitrogens with one attached hydrogen (secondary N) is 1. The summed E-state index contributed by atoms with van der Waals surface area (Å²) >= 11 is 0. The number of sulfonamides is 1. The number of primary sulfonamides is 1. The minimum Gasteiger partial charge on any atom is -0.496 e. The van der Waals surface area contributed by atoms with Gasteiger partial charge in [-0.25, -0.2) is 13.6 Å². The molecule has 0 radical (unpaired) electrons. The molecule has 0 spiro atoms. The van der Waals surface area contributed by atoms with Gasteiger partial charge in [-0.3, -0.25) is 15.5 Å². The molecule has 0 aliphatic heterocycles. The maximum atomic E-state index is 11.4. The van der Waals surface area contributed by atoms with Crippen LogP contribution in [0.4, 0.5) is 11.4 Å². The molecule has 144 valence electrons. The molecule has 0 unspecified atom stereocenters. The third-order valence-electron chi connectivity index (χ3n) is 4.02. The molecule has 0 bridgehead atoms. The molecule has 0 aromatic heterocycles. The van der Waals surface area contributed by atoms with Gasteiger partial charge in [0.25, 0.3) is 5.69 Å². The number of fused-ring (bicyclic) bond motifs is 1. The fraction of sp³-hybridized carbons (Fsp3) is 0.0556. The van der Waals surface area contributed by atoms with Gasteiger partial charge in [-0.2, -0.15) is 5.10 Å². The number of nitrogens with two attached hydrogens (primary N) is 1. The number of nitro groups is 1. The number of methoxy groups -OCH3 is 1. The van der Waals surface area contributed by atoms with Crippen LogP contribution in [0.1, 0.15) is 5.56 Å². The monoisotopic (exact) mass is 400 g/mol. The lowest BCUT2D eigenvalue weighted by Crippen LogP contribution is -2.12. The second-order valence-corrected chi connectivity index (χ2v) is 7.32. The summed E-state index contributed by atoms with van der Waals surface area (Å²) in [5.74, 6) is 0.586. The SMILES string of the molecule is COc1ccc2ccccc2c1/C=N\Nc1ccc(S(N)(=O)=O)cc1[N+](=O)[O-]. The lowest BCUT2D eigenvalue weighted by Gasteiger charge is -2.09. The average Bonchev–Trinajstić information content (AvgIpc) is 2.67. The molecule has 0 aliphatic rings. The molecule has 0 saturated heterocycles. The van der Waals surface area contributed by atoms with E-state index in [0.717, 1.165) is 16.8 Å². The lowest BCUT2D eigenvalue weighted by atomic mass is 10.0. The van der Waals surface area contributed by atoms with Gasteiger partial charge in [0.2, 0.25) is 10.0 Å². The second kappa shape index (κ2) is 7.62. The largest absolute Gasteiger partial charge is 0.496 e. The molecule has 0 saturated carbocycles. The van der Waals surface area contributed by atoms with E-state index in [1.807, 2.05) is 30.3 Å². The third-order valence-corrected chi connectivity index (χ3v) is 4.93. The summed E-state index contributed by atoms with van der Waals surface area (Å²) in [5, 5.41) is 22.2. The highest BCUT2D eigenvalue weighted by Crippen LogP contribution is 2.28. The summed E-state index contributed by atoms with van der Waals surface area (Å²) in [7, 11) is -2.53. The predicted octanol–water partition coefficient (Wildman–Crippen LogP) is 2.85. The Morgan fingerprint density at radius 2 is 1.93 bits per heavy atom. The van der Waals surface area contributed by atoms with Crippen molar-refractivity contribution in [3.05, 3.63) is 70.3 Å². The van der Waals surface area contributed by atoms with Crippen LogP contribution in [0.2, 0.25) is 0 Å². The molecule has 9 nitrogen and oxygen atoms in total. The summed E-state index contributed by atoms with van der Waals surface area (Å²) in [4.78, 5) is 10.2. The summed E-state index contributed by atoms with van der Waals surface area (Å²) in [6.45, 7) is 0. The Hall–Kier alpha value is -3.50. The molecular weight excluding hydrogens is 384 g/mol. The smallest absolute Gasteiger partial charge is 0.295 e. The number of nitro benzene ring substituents is 1. The second-order valence-electron chi connectivity index (χ2n) is 5.75. The first-order chi connectivity index (χ1) is 13.3. The molecule has 0 aliphatic carbocycles. The topological polar surface area (TPSA) is 137 Å². The minimum absolute atomic E-state index is 0.0212. The molecule has 10 heteroatoms. The number of anilines is 1. The Labute approximate surface area is 160 Å². The van der Waals surface area contributed by atoms with Crippen LogP contribution in [0.15, 0.2) is 64.6 Å². The van der Waals surface area contributed by atoms with Crippen LogP contribution in [0.5, 0.6) is 5.75 Å². The van der Waals surface area contributed by atoms with Gasteiger partial charge in [-0.1, -0.05) is 30.3 Å². The Bertz CT molecular complexity index is 1190. The van der Waals surface area contributed by atoms with E-state index in [9.17, 15) is 18.5 Å². The van der Waals surface area contributed by atoms with Gasteiger partial charge < -0.3 is 4.74 Å². The van der Waals surface area contributed by atoms with E-state index in [0.29, 0.717) is 11.3 Å². The van der Waals surface area contributed by atoms with Crippen LogP contribution in [0.3, 0.4) is 0 Å². The fourth-order valence-electron chi connectivity index (χ4n) is 2.69. The van der Waals surface area contributed by atoms with Crippen molar-refractivity contribution in [3.8, 4) is 5.75 Å². The van der Waals surface area contributed by atoms with Gasteiger partial charge in [0.05, 0.1) is 23.1 Å². The van der Waals surface area contributed by atoms with E-state index in [2.05, 4.69) is 10.5 Å². The first kappa shape index (κ1) is 19.3. The van der Waals surface area contributed by atoms with Gasteiger partial charge in [0, 0.05) is 11.6 Å². The molecule has 0 amide bonds. The molecule has 3 rings (SSSR count). The lowest BCUT2D eigenvalue weighted by molar-refractivity contribution is -0.384. The first-order valence-electron chi connectivity index (χ1n) is 7.97. The van der Waals surface area contributed by atoms with Crippen molar-refractivity contribution in [2.75, 3.05) is 12.5 Å². The van der Waals surface area contributed by atoms with Crippen LogP contribution >= 0.6 is 0 Å². The maximum Gasteiger partial charge on any atom is 0.295 e. The van der Waals surface area contributed by atoms with Crippen molar-refractivity contribution in [2.24, 2.45) is 10.2 Å². The molecule has 0 atom stereocenters. The Morgan fingerprint density at radius 1 is 1.18 bits per heavy atom. The molecule has 3 N–H and O–H groups in total. The highest BCUT2D eigenvalue weighted by Gasteiger charge is 2.18. The number of hydrazone groups is 1. The Kier molecular flexibility index (Phi) is 5.25. The van der Waals surface area contributed by atoms with E-state index >= 15 is 0 Å². The van der Waals surface area contributed by atoms with Crippen LogP contribution < -0.4 is 15.3 Å². The fourth-order valence-corrected chi connectivity index (χ4v) is 3.22. The van der Waals surface area contributed by atoms with Crippen molar-refractivity contribution < 1.29 is 18.1 Å². The third kappa shape index (κ3) is 3.92. The van der Waals surface area contributed by atoms with Gasteiger partial charge in [0.15, 0.2) is 0 Å². The van der Waals surface area contributed by atoms with Gasteiger partial charge >= 0.3 is 0 Å². The minimum atomic E-state index is -4.06. The normalized spacial score (nSPS) is 11.6. The summed E-state index contributed by atoms with van der Waals surface area (Å²) in [5.41, 5.74) is 2.82. The Balaban J connectivity index is 1.98. The standard InChI is InChI=1S/C18H16N4O5S/c1-27-18-9-6-12-4-2-3-5-14(12)15(18)11-20-21-16-8-7-13(28(19,25)26)10-17(16)22(23)24/h2-11,21H,1H3,(H2,19,25,26)/b20-11-. The van der Waals surface area contributed by atoms with Crippen LogP contribution in [-0.4, -0.2) is 26.7 Å². The van der Waals surface area contributed by atoms with Crippen molar-refractivity contribution >= 4 is 38.4 Å². The quantitative estimate of drug-likeness (QED) is 0.371. The zero-order chi connectivity index (χ0) is 20.3. The van der Waals surface area contributed by atoms with Crippen LogP contribution in [0, 0.1) is 10.1 Å². The number of hydrogen-bond acceptors (Lipinski definition) is 7. The van der Waals surface area contributed by atoms with Crippen LogP contribution in [0.25, 0.3) is 10.8 Å². The summed E-state index contributed by atoms with van der Waals surface area (Å²) < 4.78 is 28.2. The zero-order valence-corrected chi connectivity index (χ0v) is 15.5. The molecule has 3 aromatic rings. The van der Waals surface area contributed by atoms with E-state index in [1.165, 1.54) is 25.5 Å². The Morgan fingerprint density at radius 3 is 2.61 bits per heavy atom. The molecular formula is C18H16N4O5S. The van der Waals surface area contributed by atoms with E-state index < -0.39 is 20.6 Å². The van der Waals surface area contributed by atoms with Gasteiger partial charge in [-0.15, -0.1) is 0 Å². The highest BCUT2D eigenvalue weighted by molar-refractivity contribution is 7.89. The number of rotatable bonds is 6. The maximum absolute atomic E-state index is 11.4. The van der Waals surface area contributed by atoms with E-state index in [1.54, 1.807) is 6.07 Å². The van der Waals surface area contributed by atoms with Gasteiger partial charge in [-0.05, 0) is 29.0 Å². The van der Waals surface area contributed by atoms with Gasteiger partial charge in [0.1, 0.15) is 11.4 Å². The number of hydrogen-bond donors (Lipinski definition) is 2. The molecule has 3 aromatic carbocycles. The number of nitrogens with zero attached hydrogens (tertiary/aromatic N) is 2. The summed E-state index contributed by atoms with van der Waals surface area (Å²) in [6.07, 6.45) is 1.48. The first-order valence-corrected chi connectivity index (χ1v) is 9.52. The van der Waals surface area contributed by atoms with Crippen LogP contribution in [-0.2, 0) is 10.0 Å². The molecule has 0 fully saturated rings. The van der Waals surface area contributed by atoms with Crippen molar-refractivity contribution in [3.63, 3.8) is 0 Å². The predicted molar refractivity (Wildman–Crippen MR) is 106 cm³/mol. The number of benzene rings is 3. The molecule has 0 heterocycles.